The third-order valence-electron chi connectivity index (χ3n) is 6.21. The molecule has 164 valence electrons. The molecule has 0 aromatic carbocycles. The van der Waals surface area contributed by atoms with Crippen LogP contribution in [0, 0.1) is 24.1 Å². The molecule has 1 aliphatic heterocycles. The fraction of sp³-hybridized carbons (Fsp3) is 0.348. The van der Waals surface area contributed by atoms with E-state index in [0.717, 1.165) is 18.5 Å². The Hall–Kier alpha value is -3.13. The van der Waals surface area contributed by atoms with Gasteiger partial charge < -0.3 is 9.64 Å². The van der Waals surface area contributed by atoms with Crippen molar-refractivity contribution >= 4 is 17.5 Å². The zero-order valence-corrected chi connectivity index (χ0v) is 18.2. The zero-order chi connectivity index (χ0) is 22.3. The number of amides is 1. The van der Waals surface area contributed by atoms with Crippen molar-refractivity contribution < 1.29 is 13.9 Å². The van der Waals surface area contributed by atoms with Crippen molar-refractivity contribution in [1.29, 1.82) is 0 Å². The number of ether oxygens (including phenoxy) is 1. The highest BCUT2D eigenvalue weighted by Crippen LogP contribution is 2.57. The van der Waals surface area contributed by atoms with Crippen LogP contribution < -0.4 is 4.74 Å². The standard InChI is InChI=1S/C23H21ClFN5O2/c1-14-3-4-17(20-26-6-2-7-27-20)19(29-14)22(31)30-8-5-15-10-23(15,12-30)13-32-21-18(25)9-16(24)11-28-21/h2-4,6-7,9,11,15H,5,8,10,12-13H2,1H3. The SMILES string of the molecule is Cc1ccc(-c2ncccn2)c(C(=O)N2CCC3CC3(COc3ncc(Cl)cc3F)C2)n1. The summed E-state index contributed by atoms with van der Waals surface area (Å²) in [5.74, 6) is 0.0982. The Labute approximate surface area is 189 Å². The predicted molar refractivity (Wildman–Crippen MR) is 116 cm³/mol. The van der Waals surface area contributed by atoms with Gasteiger partial charge in [0.2, 0.25) is 5.88 Å². The minimum absolute atomic E-state index is 0.0678. The Morgan fingerprint density at radius 2 is 2.12 bits per heavy atom. The molecule has 2 fully saturated rings. The Bertz CT molecular complexity index is 1180. The summed E-state index contributed by atoms with van der Waals surface area (Å²) in [6.45, 7) is 3.31. The average Bonchev–Trinajstić information content (AvgIpc) is 3.52. The van der Waals surface area contributed by atoms with Crippen LogP contribution in [0.3, 0.4) is 0 Å². The van der Waals surface area contributed by atoms with Gasteiger partial charge in [0, 0.05) is 42.8 Å². The minimum atomic E-state index is -0.591. The number of aromatic nitrogens is 4. The first kappa shape index (κ1) is 20.8. The molecule has 9 heteroatoms. The highest BCUT2D eigenvalue weighted by Gasteiger charge is 2.58. The molecule has 5 rings (SSSR count). The van der Waals surface area contributed by atoms with Crippen molar-refractivity contribution in [2.24, 2.45) is 11.3 Å². The van der Waals surface area contributed by atoms with Crippen molar-refractivity contribution in [1.82, 2.24) is 24.8 Å². The molecule has 2 unspecified atom stereocenters. The summed E-state index contributed by atoms with van der Waals surface area (Å²) in [5, 5.41) is 0.218. The summed E-state index contributed by atoms with van der Waals surface area (Å²) < 4.78 is 19.8. The van der Waals surface area contributed by atoms with Crippen LogP contribution in [0.5, 0.6) is 5.88 Å². The van der Waals surface area contributed by atoms with E-state index in [9.17, 15) is 9.18 Å². The van der Waals surface area contributed by atoms with E-state index in [1.165, 1.54) is 12.3 Å². The van der Waals surface area contributed by atoms with Gasteiger partial charge in [-0.05, 0) is 49.9 Å². The molecule has 1 saturated carbocycles. The number of carbonyl (C=O) groups is 1. The number of aryl methyl sites for hydroxylation is 1. The fourth-order valence-corrected chi connectivity index (χ4v) is 4.55. The highest BCUT2D eigenvalue weighted by molar-refractivity contribution is 6.30. The molecule has 0 N–H and O–H groups in total. The van der Waals surface area contributed by atoms with E-state index in [4.69, 9.17) is 16.3 Å². The second kappa shape index (κ2) is 8.09. The molecule has 3 aromatic heterocycles. The van der Waals surface area contributed by atoms with Crippen molar-refractivity contribution in [2.75, 3.05) is 19.7 Å². The third kappa shape index (κ3) is 3.90. The van der Waals surface area contributed by atoms with Gasteiger partial charge in [0.05, 0.1) is 17.2 Å². The molecule has 1 saturated heterocycles. The number of hydrogen-bond acceptors (Lipinski definition) is 6. The molecule has 0 spiro atoms. The van der Waals surface area contributed by atoms with Crippen LogP contribution in [-0.2, 0) is 0 Å². The third-order valence-corrected chi connectivity index (χ3v) is 6.42. The number of rotatable bonds is 5. The fourth-order valence-electron chi connectivity index (χ4n) is 4.41. The number of pyridine rings is 2. The largest absolute Gasteiger partial charge is 0.475 e. The molecule has 7 nitrogen and oxygen atoms in total. The van der Waals surface area contributed by atoms with Gasteiger partial charge in [-0.1, -0.05) is 11.6 Å². The normalized spacial score (nSPS) is 21.7. The second-order valence-corrected chi connectivity index (χ2v) is 8.87. The molecule has 2 atom stereocenters. The topological polar surface area (TPSA) is 81.1 Å². The Balaban J connectivity index is 1.35. The van der Waals surface area contributed by atoms with E-state index >= 15 is 0 Å². The number of nitrogens with zero attached hydrogens (tertiary/aromatic N) is 5. The molecule has 1 amide bonds. The zero-order valence-electron chi connectivity index (χ0n) is 17.5. The van der Waals surface area contributed by atoms with E-state index in [0.29, 0.717) is 42.7 Å². The number of hydrogen-bond donors (Lipinski definition) is 0. The van der Waals surface area contributed by atoms with Crippen LogP contribution in [0.25, 0.3) is 11.4 Å². The first-order chi connectivity index (χ1) is 15.4. The molecule has 4 heterocycles. The van der Waals surface area contributed by atoms with Gasteiger partial charge in [0.15, 0.2) is 11.6 Å². The quantitative estimate of drug-likeness (QED) is 0.581. The first-order valence-electron chi connectivity index (χ1n) is 10.4. The van der Waals surface area contributed by atoms with Gasteiger partial charge in [-0.3, -0.25) is 4.79 Å². The summed E-state index contributed by atoms with van der Waals surface area (Å²) in [5.41, 5.74) is 1.50. The van der Waals surface area contributed by atoms with Gasteiger partial charge in [0.25, 0.3) is 5.91 Å². The van der Waals surface area contributed by atoms with E-state index < -0.39 is 5.82 Å². The van der Waals surface area contributed by atoms with Crippen molar-refractivity contribution in [3.8, 4) is 17.3 Å². The van der Waals surface area contributed by atoms with Crippen LogP contribution in [-0.4, -0.2) is 50.4 Å². The van der Waals surface area contributed by atoms with Gasteiger partial charge >= 0.3 is 0 Å². The van der Waals surface area contributed by atoms with Crippen LogP contribution >= 0.6 is 11.6 Å². The van der Waals surface area contributed by atoms with Crippen LogP contribution in [0.2, 0.25) is 5.02 Å². The molecule has 1 aliphatic carbocycles. The van der Waals surface area contributed by atoms with Gasteiger partial charge in [-0.25, -0.2) is 24.3 Å². The van der Waals surface area contributed by atoms with Crippen molar-refractivity contribution in [3.63, 3.8) is 0 Å². The molecule has 32 heavy (non-hydrogen) atoms. The Kier molecular flexibility index (Phi) is 5.25. The maximum atomic E-state index is 14.1. The van der Waals surface area contributed by atoms with Gasteiger partial charge in [0.1, 0.15) is 5.69 Å². The van der Waals surface area contributed by atoms with E-state index in [-0.39, 0.29) is 22.2 Å². The number of piperidine rings is 1. The molecule has 0 radical (unpaired) electrons. The monoisotopic (exact) mass is 453 g/mol. The Morgan fingerprint density at radius 3 is 2.91 bits per heavy atom. The lowest BCUT2D eigenvalue weighted by molar-refractivity contribution is 0.0596. The van der Waals surface area contributed by atoms with Gasteiger partial charge in [-0.2, -0.15) is 0 Å². The smallest absolute Gasteiger partial charge is 0.273 e. The summed E-state index contributed by atoms with van der Waals surface area (Å²) in [7, 11) is 0. The first-order valence-corrected chi connectivity index (χ1v) is 10.8. The average molecular weight is 454 g/mol. The summed E-state index contributed by atoms with van der Waals surface area (Å²) in [4.78, 5) is 32.3. The number of halogens is 2. The lowest BCUT2D eigenvalue weighted by atomic mass is 9.97. The molecule has 3 aromatic rings. The summed E-state index contributed by atoms with van der Waals surface area (Å²) in [6.07, 6.45) is 6.44. The molecule has 0 bridgehead atoms. The van der Waals surface area contributed by atoms with E-state index in [1.54, 1.807) is 18.5 Å². The van der Waals surface area contributed by atoms with Crippen LogP contribution in [0.15, 0.2) is 42.9 Å². The van der Waals surface area contributed by atoms with Crippen molar-refractivity contribution in [2.45, 2.75) is 19.8 Å². The van der Waals surface area contributed by atoms with Crippen LogP contribution in [0.1, 0.15) is 29.0 Å². The minimum Gasteiger partial charge on any atom is -0.475 e. The number of fused-ring (bicyclic) bond motifs is 1. The van der Waals surface area contributed by atoms with E-state index in [2.05, 4.69) is 19.9 Å². The van der Waals surface area contributed by atoms with Crippen LogP contribution in [0.4, 0.5) is 4.39 Å². The Morgan fingerprint density at radius 1 is 1.31 bits per heavy atom. The van der Waals surface area contributed by atoms with E-state index in [1.807, 2.05) is 24.0 Å². The number of carbonyl (C=O) groups excluding carboxylic acids is 1. The lowest BCUT2D eigenvalue weighted by Gasteiger charge is -2.33. The summed E-state index contributed by atoms with van der Waals surface area (Å²) in [6, 6.07) is 6.59. The molecular formula is C23H21ClFN5O2. The van der Waals surface area contributed by atoms with Gasteiger partial charge in [-0.15, -0.1) is 0 Å². The second-order valence-electron chi connectivity index (χ2n) is 8.43. The highest BCUT2D eigenvalue weighted by atomic mass is 35.5. The molecule has 2 aliphatic rings. The lowest BCUT2D eigenvalue weighted by Crippen LogP contribution is -2.43. The maximum Gasteiger partial charge on any atom is 0.273 e. The molecular weight excluding hydrogens is 433 g/mol. The maximum absolute atomic E-state index is 14.1. The summed E-state index contributed by atoms with van der Waals surface area (Å²) >= 11 is 5.76. The predicted octanol–water partition coefficient (Wildman–Crippen LogP) is 3.97. The number of likely N-dealkylation sites (tertiary alicyclic amines) is 1. The van der Waals surface area contributed by atoms with Crippen molar-refractivity contribution in [3.05, 3.63) is 65.1 Å².